The molecule has 3 aromatic rings. The molecule has 3 aromatic heterocycles. The number of aromatic nitrogens is 3. The van der Waals surface area contributed by atoms with Crippen LogP contribution in [-0.2, 0) is 0 Å². The molecule has 0 atom stereocenters. The van der Waals surface area contributed by atoms with E-state index in [4.69, 9.17) is 10.3 Å². The van der Waals surface area contributed by atoms with Gasteiger partial charge in [0.05, 0.1) is 11.3 Å². The maximum Gasteiger partial charge on any atom is 0.248 e. The van der Waals surface area contributed by atoms with Crippen LogP contribution in [0.1, 0.15) is 0 Å². The summed E-state index contributed by atoms with van der Waals surface area (Å²) in [6, 6.07) is 8.39. The number of anilines is 1. The van der Waals surface area contributed by atoms with Crippen LogP contribution in [0.3, 0.4) is 0 Å². The van der Waals surface area contributed by atoms with E-state index in [1.807, 2.05) is 0 Å². The maximum atomic E-state index is 11.4. The molecule has 0 fully saturated rings. The molecule has 3 heterocycles. The van der Waals surface area contributed by atoms with Crippen molar-refractivity contribution in [1.29, 1.82) is 0 Å². The van der Waals surface area contributed by atoms with E-state index in [0.29, 0.717) is 17.0 Å². The number of nitrogen functional groups attached to an aromatic ring is 1. The zero-order valence-electron chi connectivity index (χ0n) is 9.83. The first-order chi connectivity index (χ1) is 9.25. The SMILES string of the molecule is Nc1noc(-c2cccc(=O)[nH]2)c1-c1ccncc1. The minimum absolute atomic E-state index is 0.215. The van der Waals surface area contributed by atoms with Crippen molar-refractivity contribution < 1.29 is 4.52 Å². The van der Waals surface area contributed by atoms with Crippen LogP contribution in [-0.4, -0.2) is 15.1 Å². The van der Waals surface area contributed by atoms with Gasteiger partial charge in [-0.3, -0.25) is 9.78 Å². The Morgan fingerprint density at radius 3 is 2.68 bits per heavy atom. The van der Waals surface area contributed by atoms with Crippen molar-refractivity contribution in [3.05, 3.63) is 53.1 Å². The Labute approximate surface area is 107 Å². The van der Waals surface area contributed by atoms with Crippen LogP contribution in [0.4, 0.5) is 5.82 Å². The highest BCUT2D eigenvalue weighted by atomic mass is 16.5. The van der Waals surface area contributed by atoms with E-state index in [0.717, 1.165) is 5.56 Å². The van der Waals surface area contributed by atoms with Crippen LogP contribution < -0.4 is 11.3 Å². The third-order valence-corrected chi connectivity index (χ3v) is 2.70. The topological polar surface area (TPSA) is 97.8 Å². The molecule has 0 aliphatic heterocycles. The van der Waals surface area contributed by atoms with Gasteiger partial charge in [-0.1, -0.05) is 11.2 Å². The molecule has 0 amide bonds. The smallest absolute Gasteiger partial charge is 0.248 e. The van der Waals surface area contributed by atoms with Gasteiger partial charge in [-0.05, 0) is 23.8 Å². The first-order valence-electron chi connectivity index (χ1n) is 5.61. The predicted octanol–water partition coefficient (Wildman–Crippen LogP) is 1.67. The van der Waals surface area contributed by atoms with Crippen molar-refractivity contribution in [2.24, 2.45) is 0 Å². The van der Waals surface area contributed by atoms with Crippen molar-refractivity contribution in [3.8, 4) is 22.6 Å². The average molecular weight is 254 g/mol. The van der Waals surface area contributed by atoms with Gasteiger partial charge < -0.3 is 15.2 Å². The molecule has 0 unspecified atom stereocenters. The minimum atomic E-state index is -0.215. The van der Waals surface area contributed by atoms with E-state index in [1.54, 1.807) is 36.7 Å². The zero-order chi connectivity index (χ0) is 13.2. The van der Waals surface area contributed by atoms with E-state index in [2.05, 4.69) is 15.1 Å². The lowest BCUT2D eigenvalue weighted by molar-refractivity contribution is 0.434. The number of nitrogens with zero attached hydrogens (tertiary/aromatic N) is 2. The Kier molecular flexibility index (Phi) is 2.60. The van der Waals surface area contributed by atoms with Crippen molar-refractivity contribution in [1.82, 2.24) is 15.1 Å². The fourth-order valence-corrected chi connectivity index (χ4v) is 1.86. The predicted molar refractivity (Wildman–Crippen MR) is 70.2 cm³/mol. The summed E-state index contributed by atoms with van der Waals surface area (Å²) in [5.74, 6) is 0.701. The molecule has 0 saturated carbocycles. The monoisotopic (exact) mass is 254 g/mol. The summed E-state index contributed by atoms with van der Waals surface area (Å²) in [5.41, 5.74) is 7.62. The van der Waals surface area contributed by atoms with Crippen LogP contribution >= 0.6 is 0 Å². The number of hydrogen-bond acceptors (Lipinski definition) is 5. The number of pyridine rings is 2. The second-order valence-electron chi connectivity index (χ2n) is 3.94. The van der Waals surface area contributed by atoms with Crippen molar-refractivity contribution >= 4 is 5.82 Å². The Bertz CT molecular complexity index is 762. The van der Waals surface area contributed by atoms with Crippen molar-refractivity contribution in [3.63, 3.8) is 0 Å². The fraction of sp³-hybridized carbons (Fsp3) is 0. The van der Waals surface area contributed by atoms with E-state index in [9.17, 15) is 4.79 Å². The maximum absolute atomic E-state index is 11.4. The van der Waals surface area contributed by atoms with Gasteiger partial charge in [0.15, 0.2) is 11.6 Å². The lowest BCUT2D eigenvalue weighted by atomic mass is 10.1. The Balaban J connectivity index is 2.22. The summed E-state index contributed by atoms with van der Waals surface area (Å²) in [6.45, 7) is 0. The molecule has 6 heteroatoms. The second kappa shape index (κ2) is 4.41. The molecule has 0 spiro atoms. The van der Waals surface area contributed by atoms with Crippen molar-refractivity contribution in [2.45, 2.75) is 0 Å². The van der Waals surface area contributed by atoms with Crippen LogP contribution in [0.25, 0.3) is 22.6 Å². The quantitative estimate of drug-likeness (QED) is 0.725. The molecule has 6 nitrogen and oxygen atoms in total. The van der Waals surface area contributed by atoms with Crippen LogP contribution in [0, 0.1) is 0 Å². The lowest BCUT2D eigenvalue weighted by Gasteiger charge is -2.01. The Hall–Kier alpha value is -2.89. The van der Waals surface area contributed by atoms with Gasteiger partial charge >= 0.3 is 0 Å². The van der Waals surface area contributed by atoms with Crippen LogP contribution in [0.5, 0.6) is 0 Å². The number of nitrogens with one attached hydrogen (secondary N) is 1. The molecular formula is C13H10N4O2. The average Bonchev–Trinajstić information content (AvgIpc) is 2.82. The highest BCUT2D eigenvalue weighted by molar-refractivity contribution is 5.85. The van der Waals surface area contributed by atoms with Crippen LogP contribution in [0.2, 0.25) is 0 Å². The molecule has 0 saturated heterocycles. The van der Waals surface area contributed by atoms with Gasteiger partial charge in [0.25, 0.3) is 0 Å². The molecule has 0 bridgehead atoms. The first-order valence-corrected chi connectivity index (χ1v) is 5.61. The standard InChI is InChI=1S/C13H10N4O2/c14-13-11(8-4-6-15-7-5-8)12(19-17-13)9-2-1-3-10(18)16-9/h1-7H,(H2,14,17)(H,16,18). The molecule has 19 heavy (non-hydrogen) atoms. The molecule has 0 radical (unpaired) electrons. The summed E-state index contributed by atoms with van der Waals surface area (Å²) in [7, 11) is 0. The largest absolute Gasteiger partial charge is 0.380 e. The third kappa shape index (κ3) is 1.99. The molecule has 0 aromatic carbocycles. The highest BCUT2D eigenvalue weighted by Crippen LogP contribution is 2.34. The van der Waals surface area contributed by atoms with Gasteiger partial charge in [0.1, 0.15) is 0 Å². The summed E-state index contributed by atoms with van der Waals surface area (Å²) in [4.78, 5) is 18.0. The number of nitrogens with two attached hydrogens (primary N) is 1. The Morgan fingerprint density at radius 2 is 1.95 bits per heavy atom. The summed E-state index contributed by atoms with van der Waals surface area (Å²) in [6.07, 6.45) is 3.30. The minimum Gasteiger partial charge on any atom is -0.380 e. The van der Waals surface area contributed by atoms with E-state index in [1.165, 1.54) is 6.07 Å². The molecular weight excluding hydrogens is 244 g/mol. The normalized spacial score (nSPS) is 10.5. The summed E-state index contributed by atoms with van der Waals surface area (Å²) < 4.78 is 5.23. The number of hydrogen-bond donors (Lipinski definition) is 2. The third-order valence-electron chi connectivity index (χ3n) is 2.70. The van der Waals surface area contributed by atoms with Gasteiger partial charge in [0, 0.05) is 18.5 Å². The molecule has 3 rings (SSSR count). The van der Waals surface area contributed by atoms with Gasteiger partial charge in [-0.2, -0.15) is 0 Å². The lowest BCUT2D eigenvalue weighted by Crippen LogP contribution is -2.03. The van der Waals surface area contributed by atoms with Gasteiger partial charge in [-0.25, -0.2) is 0 Å². The summed E-state index contributed by atoms with van der Waals surface area (Å²) >= 11 is 0. The molecule has 0 aliphatic carbocycles. The molecule has 0 aliphatic rings. The van der Waals surface area contributed by atoms with Gasteiger partial charge in [0.2, 0.25) is 5.56 Å². The summed E-state index contributed by atoms with van der Waals surface area (Å²) in [5, 5.41) is 3.76. The fourth-order valence-electron chi connectivity index (χ4n) is 1.86. The molecule has 3 N–H and O–H groups in total. The number of rotatable bonds is 2. The van der Waals surface area contributed by atoms with Crippen LogP contribution in [0.15, 0.2) is 52.0 Å². The zero-order valence-corrected chi connectivity index (χ0v) is 9.83. The van der Waals surface area contributed by atoms with Gasteiger partial charge in [-0.15, -0.1) is 0 Å². The Morgan fingerprint density at radius 1 is 1.16 bits per heavy atom. The first kappa shape index (κ1) is 11.2. The highest BCUT2D eigenvalue weighted by Gasteiger charge is 2.17. The molecule has 94 valence electrons. The van der Waals surface area contributed by atoms with E-state index in [-0.39, 0.29) is 11.4 Å². The number of H-pyrrole nitrogens is 1. The second-order valence-corrected chi connectivity index (χ2v) is 3.94. The van der Waals surface area contributed by atoms with Crippen molar-refractivity contribution in [2.75, 3.05) is 5.73 Å². The van der Waals surface area contributed by atoms with E-state index < -0.39 is 0 Å². The number of aromatic amines is 1. The van der Waals surface area contributed by atoms with E-state index >= 15 is 0 Å².